The van der Waals surface area contributed by atoms with Crippen molar-refractivity contribution in [1.82, 2.24) is 20.1 Å². The third-order valence-corrected chi connectivity index (χ3v) is 6.97. The van der Waals surface area contributed by atoms with Crippen molar-refractivity contribution in [3.05, 3.63) is 99.9 Å². The molecule has 1 heterocycles. The average molecular weight is 521 g/mol. The Balaban J connectivity index is 1.52. The van der Waals surface area contributed by atoms with Crippen LogP contribution in [0, 0.1) is 17.0 Å². The van der Waals surface area contributed by atoms with Crippen LogP contribution >= 0.6 is 23.5 Å². The second-order valence-electron chi connectivity index (χ2n) is 7.82. The minimum absolute atomic E-state index is 0.00710. The normalized spacial score (nSPS) is 10.7. The zero-order valence-electron chi connectivity index (χ0n) is 19.7. The first-order chi connectivity index (χ1) is 17.4. The number of hydrogen-bond donors (Lipinski definition) is 2. The summed E-state index contributed by atoms with van der Waals surface area (Å²) in [6.07, 6.45) is 1.99. The summed E-state index contributed by atoms with van der Waals surface area (Å²) >= 11 is 3.13. The Morgan fingerprint density at radius 2 is 1.81 bits per heavy atom. The van der Waals surface area contributed by atoms with Gasteiger partial charge in [-0.2, -0.15) is 0 Å². The van der Waals surface area contributed by atoms with Crippen LogP contribution in [0.3, 0.4) is 0 Å². The van der Waals surface area contributed by atoms with Crippen molar-refractivity contribution in [1.29, 1.82) is 0 Å². The number of non-ortho nitro benzene ring substituents is 1. The van der Waals surface area contributed by atoms with Gasteiger partial charge in [0.1, 0.15) is 0 Å². The zero-order valence-corrected chi connectivity index (χ0v) is 21.3. The molecule has 1 aromatic heterocycles. The fraction of sp³-hybridized carbons (Fsp3) is 0.160. The molecule has 0 fully saturated rings. The minimum atomic E-state index is -0.443. The van der Waals surface area contributed by atoms with Gasteiger partial charge in [0.2, 0.25) is 0 Å². The molecule has 11 heteroatoms. The first kappa shape index (κ1) is 25.3. The molecule has 0 aliphatic rings. The number of thioether (sulfide) groups is 2. The van der Waals surface area contributed by atoms with Gasteiger partial charge in [-0.1, -0.05) is 41.6 Å². The Hall–Kier alpha value is -3.83. The summed E-state index contributed by atoms with van der Waals surface area (Å²) in [4.78, 5) is 24.3. The SMILES string of the molecule is CSc1ccc(NC(=O)NCc2nnc(SCc3cccc(C)c3)n2-c2ccc([N+](=O)[O-])cc2)cc1. The summed E-state index contributed by atoms with van der Waals surface area (Å²) in [5.41, 5.74) is 3.65. The van der Waals surface area contributed by atoms with E-state index in [1.54, 1.807) is 28.5 Å². The molecule has 9 nitrogen and oxygen atoms in total. The van der Waals surface area contributed by atoms with Gasteiger partial charge in [-0.3, -0.25) is 14.7 Å². The van der Waals surface area contributed by atoms with Crippen molar-refractivity contribution >= 4 is 40.9 Å². The zero-order chi connectivity index (χ0) is 25.5. The standard InChI is InChI=1S/C25H24N6O3S2/c1-17-4-3-5-18(14-17)16-36-25-29-28-23(30(25)20-8-10-21(11-9-20)31(33)34)15-26-24(32)27-19-6-12-22(35-2)13-7-19/h3-14H,15-16H2,1-2H3,(H2,26,27,32). The third kappa shape index (κ3) is 6.43. The second-order valence-corrected chi connectivity index (χ2v) is 9.64. The van der Waals surface area contributed by atoms with Gasteiger partial charge in [0.15, 0.2) is 11.0 Å². The molecule has 4 aromatic rings. The molecule has 36 heavy (non-hydrogen) atoms. The molecule has 0 atom stereocenters. The van der Waals surface area contributed by atoms with Crippen molar-refractivity contribution in [2.24, 2.45) is 0 Å². The Bertz CT molecular complexity index is 1360. The number of nitrogens with one attached hydrogen (secondary N) is 2. The summed E-state index contributed by atoms with van der Waals surface area (Å²) in [5.74, 6) is 1.18. The number of aromatic nitrogens is 3. The lowest BCUT2D eigenvalue weighted by Gasteiger charge is -2.12. The number of amides is 2. The lowest BCUT2D eigenvalue weighted by Crippen LogP contribution is -2.29. The first-order valence-electron chi connectivity index (χ1n) is 11.0. The molecule has 0 radical (unpaired) electrons. The van der Waals surface area contributed by atoms with Crippen LogP contribution < -0.4 is 10.6 Å². The number of urea groups is 1. The Morgan fingerprint density at radius 3 is 2.47 bits per heavy atom. The predicted molar refractivity (Wildman–Crippen MR) is 143 cm³/mol. The van der Waals surface area contributed by atoms with E-state index in [4.69, 9.17) is 0 Å². The maximum Gasteiger partial charge on any atom is 0.319 e. The Labute approximate surface area is 216 Å². The van der Waals surface area contributed by atoms with E-state index in [0.29, 0.717) is 28.1 Å². The van der Waals surface area contributed by atoms with E-state index in [2.05, 4.69) is 26.9 Å². The average Bonchev–Trinajstić information content (AvgIpc) is 3.29. The molecular weight excluding hydrogens is 496 g/mol. The molecular formula is C25H24N6O3S2. The third-order valence-electron chi connectivity index (χ3n) is 5.22. The van der Waals surface area contributed by atoms with Gasteiger partial charge in [-0.05, 0) is 55.1 Å². The van der Waals surface area contributed by atoms with E-state index in [9.17, 15) is 14.9 Å². The second kappa shape index (κ2) is 11.7. The first-order valence-corrected chi connectivity index (χ1v) is 13.2. The molecule has 184 valence electrons. The van der Waals surface area contributed by atoms with E-state index in [1.165, 1.54) is 29.5 Å². The van der Waals surface area contributed by atoms with Crippen LogP contribution in [0.15, 0.2) is 82.8 Å². The number of carbonyl (C=O) groups is 1. The van der Waals surface area contributed by atoms with Gasteiger partial charge in [0.05, 0.1) is 11.5 Å². The van der Waals surface area contributed by atoms with E-state index < -0.39 is 4.92 Å². The molecule has 3 aromatic carbocycles. The number of nitro benzene ring substituents is 1. The van der Waals surface area contributed by atoms with Crippen LogP contribution in [0.2, 0.25) is 0 Å². The Morgan fingerprint density at radius 1 is 1.06 bits per heavy atom. The molecule has 0 saturated carbocycles. The van der Waals surface area contributed by atoms with E-state index in [1.807, 2.05) is 55.6 Å². The molecule has 0 spiro atoms. The molecule has 0 aliphatic heterocycles. The van der Waals surface area contributed by atoms with Crippen molar-refractivity contribution < 1.29 is 9.72 Å². The molecule has 0 aliphatic carbocycles. The molecule has 2 N–H and O–H groups in total. The van der Waals surface area contributed by atoms with Gasteiger partial charge < -0.3 is 10.6 Å². The van der Waals surface area contributed by atoms with Gasteiger partial charge in [0.25, 0.3) is 5.69 Å². The van der Waals surface area contributed by atoms with E-state index in [0.717, 1.165) is 10.5 Å². The summed E-state index contributed by atoms with van der Waals surface area (Å²) in [6.45, 7) is 2.16. The fourth-order valence-electron chi connectivity index (χ4n) is 3.45. The van der Waals surface area contributed by atoms with Crippen LogP contribution in [0.5, 0.6) is 0 Å². The van der Waals surface area contributed by atoms with Crippen LogP contribution in [-0.2, 0) is 12.3 Å². The highest BCUT2D eigenvalue weighted by Gasteiger charge is 2.17. The van der Waals surface area contributed by atoms with E-state index in [-0.39, 0.29) is 18.3 Å². The van der Waals surface area contributed by atoms with Gasteiger partial charge in [0, 0.05) is 34.2 Å². The largest absolute Gasteiger partial charge is 0.331 e. The molecule has 0 saturated heterocycles. The Kier molecular flexibility index (Phi) is 8.24. The lowest BCUT2D eigenvalue weighted by atomic mass is 10.2. The number of aryl methyl sites for hydroxylation is 1. The number of benzene rings is 3. The quantitative estimate of drug-likeness (QED) is 0.162. The molecule has 2 amide bonds. The minimum Gasteiger partial charge on any atom is -0.331 e. The molecule has 0 bridgehead atoms. The van der Waals surface area contributed by atoms with Crippen molar-refractivity contribution in [3.8, 4) is 5.69 Å². The predicted octanol–water partition coefficient (Wildman–Crippen LogP) is 5.82. The van der Waals surface area contributed by atoms with Gasteiger partial charge >= 0.3 is 6.03 Å². The monoisotopic (exact) mass is 520 g/mol. The molecule has 4 rings (SSSR count). The number of carbonyl (C=O) groups excluding carboxylic acids is 1. The number of nitro groups is 1. The number of hydrogen-bond acceptors (Lipinski definition) is 7. The highest BCUT2D eigenvalue weighted by molar-refractivity contribution is 7.98. The maximum absolute atomic E-state index is 12.5. The van der Waals surface area contributed by atoms with Gasteiger partial charge in [-0.15, -0.1) is 22.0 Å². The lowest BCUT2D eigenvalue weighted by molar-refractivity contribution is -0.384. The number of anilines is 1. The summed E-state index contributed by atoms with van der Waals surface area (Å²) < 4.78 is 1.80. The summed E-state index contributed by atoms with van der Waals surface area (Å²) in [6, 6.07) is 21.5. The van der Waals surface area contributed by atoms with Crippen LogP contribution in [0.25, 0.3) is 5.69 Å². The summed E-state index contributed by atoms with van der Waals surface area (Å²) in [7, 11) is 0. The van der Waals surface area contributed by atoms with Crippen LogP contribution in [-0.4, -0.2) is 32.0 Å². The van der Waals surface area contributed by atoms with Crippen molar-refractivity contribution in [3.63, 3.8) is 0 Å². The summed E-state index contributed by atoms with van der Waals surface area (Å²) in [5, 5.41) is 26.0. The van der Waals surface area contributed by atoms with E-state index >= 15 is 0 Å². The van der Waals surface area contributed by atoms with Crippen LogP contribution in [0.4, 0.5) is 16.2 Å². The topological polar surface area (TPSA) is 115 Å². The molecule has 0 unspecified atom stereocenters. The highest BCUT2D eigenvalue weighted by atomic mass is 32.2. The maximum atomic E-state index is 12.5. The van der Waals surface area contributed by atoms with Crippen LogP contribution in [0.1, 0.15) is 17.0 Å². The fourth-order valence-corrected chi connectivity index (χ4v) is 4.77. The smallest absolute Gasteiger partial charge is 0.319 e. The highest BCUT2D eigenvalue weighted by Crippen LogP contribution is 2.27. The number of rotatable bonds is 9. The number of nitrogens with zero attached hydrogens (tertiary/aromatic N) is 4. The van der Waals surface area contributed by atoms with Gasteiger partial charge in [-0.25, -0.2) is 4.79 Å². The van der Waals surface area contributed by atoms with Crippen molar-refractivity contribution in [2.75, 3.05) is 11.6 Å². The van der Waals surface area contributed by atoms with Crippen molar-refractivity contribution in [2.45, 2.75) is 29.3 Å².